The van der Waals surface area contributed by atoms with Crippen molar-refractivity contribution in [1.29, 1.82) is 0 Å². The average molecular weight is 514 g/mol. The summed E-state index contributed by atoms with van der Waals surface area (Å²) in [5.74, 6) is 0.578. The molecule has 3 aromatic carbocycles. The lowest BCUT2D eigenvalue weighted by molar-refractivity contribution is 0.0931. The van der Waals surface area contributed by atoms with Crippen LogP contribution >= 0.6 is 0 Å². The van der Waals surface area contributed by atoms with Crippen molar-refractivity contribution < 1.29 is 9.18 Å². The molecule has 5 heteroatoms. The molecule has 4 rings (SSSR count). The number of rotatable bonds is 12. The molecule has 0 aliphatic heterocycles. The van der Waals surface area contributed by atoms with Gasteiger partial charge in [0.1, 0.15) is 5.82 Å². The van der Waals surface area contributed by atoms with E-state index in [1.165, 1.54) is 37.3 Å². The Kier molecular flexibility index (Phi) is 9.33. The van der Waals surface area contributed by atoms with Crippen LogP contribution in [0.1, 0.15) is 87.3 Å². The number of halogens is 1. The molecule has 0 aliphatic carbocycles. The van der Waals surface area contributed by atoms with Crippen molar-refractivity contribution in [3.05, 3.63) is 89.2 Å². The van der Waals surface area contributed by atoms with Gasteiger partial charge in [0.2, 0.25) is 0 Å². The molecule has 0 aliphatic rings. The Balaban J connectivity index is 1.50. The van der Waals surface area contributed by atoms with E-state index in [4.69, 9.17) is 0 Å². The van der Waals surface area contributed by atoms with Crippen LogP contribution in [0.5, 0.6) is 0 Å². The van der Waals surface area contributed by atoms with Crippen LogP contribution in [0.15, 0.2) is 66.7 Å². The first-order valence-corrected chi connectivity index (χ1v) is 14.0. The van der Waals surface area contributed by atoms with Crippen LogP contribution in [0.4, 0.5) is 4.39 Å². The number of hydrogen-bond acceptors (Lipinski definition) is 2. The summed E-state index contributed by atoms with van der Waals surface area (Å²) < 4.78 is 14.5. The van der Waals surface area contributed by atoms with Crippen molar-refractivity contribution >= 4 is 16.8 Å². The molecule has 0 saturated carbocycles. The Morgan fingerprint density at radius 3 is 2.47 bits per heavy atom. The van der Waals surface area contributed by atoms with Gasteiger partial charge in [0.15, 0.2) is 0 Å². The highest BCUT2D eigenvalue weighted by Gasteiger charge is 2.21. The number of unbranched alkanes of at least 4 members (excludes halogenated alkanes) is 1. The van der Waals surface area contributed by atoms with Gasteiger partial charge in [-0.3, -0.25) is 9.89 Å². The SMILES string of the molecule is CCC(C)CCCCc1ccc(-c2n[nH]c3ccc(C(=O)NC(CC(C)C)c4ccccc4F)cc23)cc1. The van der Waals surface area contributed by atoms with Crippen molar-refractivity contribution in [3.8, 4) is 11.3 Å². The van der Waals surface area contributed by atoms with Crippen LogP contribution in [0.3, 0.4) is 0 Å². The number of benzene rings is 3. The minimum atomic E-state index is -0.402. The Morgan fingerprint density at radius 1 is 1.00 bits per heavy atom. The van der Waals surface area contributed by atoms with Crippen LogP contribution in [-0.2, 0) is 6.42 Å². The van der Waals surface area contributed by atoms with Gasteiger partial charge in [-0.15, -0.1) is 0 Å². The highest BCUT2D eigenvalue weighted by atomic mass is 19.1. The smallest absolute Gasteiger partial charge is 0.251 e. The maximum Gasteiger partial charge on any atom is 0.251 e. The number of carbonyl (C=O) groups excluding carboxylic acids is 1. The minimum absolute atomic E-state index is 0.222. The fourth-order valence-corrected chi connectivity index (χ4v) is 4.96. The monoisotopic (exact) mass is 513 g/mol. The molecule has 1 aromatic heterocycles. The number of amides is 1. The molecule has 2 atom stereocenters. The lowest BCUT2D eigenvalue weighted by atomic mass is 9.96. The Labute approximate surface area is 226 Å². The van der Waals surface area contributed by atoms with Gasteiger partial charge >= 0.3 is 0 Å². The quantitative estimate of drug-likeness (QED) is 0.186. The van der Waals surface area contributed by atoms with E-state index in [9.17, 15) is 9.18 Å². The van der Waals surface area contributed by atoms with E-state index in [0.717, 1.165) is 34.5 Å². The first-order valence-electron chi connectivity index (χ1n) is 14.0. The number of nitrogens with zero attached hydrogens (tertiary/aromatic N) is 1. The first kappa shape index (κ1) is 27.6. The Morgan fingerprint density at radius 2 is 1.76 bits per heavy atom. The third kappa shape index (κ3) is 6.89. The number of nitrogens with one attached hydrogen (secondary N) is 2. The number of aryl methyl sites for hydroxylation is 1. The first-order chi connectivity index (χ1) is 18.4. The van der Waals surface area contributed by atoms with Gasteiger partial charge in [-0.2, -0.15) is 5.10 Å². The molecular formula is C33H40FN3O. The summed E-state index contributed by atoms with van der Waals surface area (Å²) in [6, 6.07) is 20.4. The van der Waals surface area contributed by atoms with Gasteiger partial charge in [0.05, 0.1) is 17.3 Å². The summed E-state index contributed by atoms with van der Waals surface area (Å²) in [5.41, 5.74) is 5.09. The van der Waals surface area contributed by atoms with E-state index in [0.29, 0.717) is 23.5 Å². The predicted octanol–water partition coefficient (Wildman–Crippen LogP) is 8.65. The van der Waals surface area contributed by atoms with Crippen molar-refractivity contribution in [1.82, 2.24) is 15.5 Å². The molecule has 0 bridgehead atoms. The summed E-state index contributed by atoms with van der Waals surface area (Å²) in [6.45, 7) is 8.72. The lowest BCUT2D eigenvalue weighted by Gasteiger charge is -2.21. The molecule has 4 aromatic rings. The number of hydrogen-bond donors (Lipinski definition) is 2. The van der Waals surface area contributed by atoms with Crippen LogP contribution in [0.25, 0.3) is 22.2 Å². The van der Waals surface area contributed by atoms with Gasteiger partial charge < -0.3 is 5.32 Å². The third-order valence-electron chi connectivity index (χ3n) is 7.45. The molecular weight excluding hydrogens is 473 g/mol. The van der Waals surface area contributed by atoms with Crippen molar-refractivity contribution in [2.45, 2.75) is 72.3 Å². The van der Waals surface area contributed by atoms with Crippen LogP contribution in [0.2, 0.25) is 0 Å². The molecule has 0 spiro atoms. The standard InChI is InChI=1S/C33H40FN3O/c1-5-23(4)10-6-7-11-24-14-16-25(17-15-24)32-28-21-26(18-19-30(28)36-37-32)33(38)35-31(20-22(2)3)27-12-8-9-13-29(27)34/h8-9,12-19,21-23,31H,5-7,10-11,20H2,1-4H3,(H,35,38)(H,36,37). The zero-order chi connectivity index (χ0) is 27.1. The van der Waals surface area contributed by atoms with Gasteiger partial charge in [0.25, 0.3) is 5.91 Å². The Hall–Kier alpha value is -3.47. The molecule has 1 heterocycles. The molecule has 1 amide bonds. The second-order valence-electron chi connectivity index (χ2n) is 11.0. The fourth-order valence-electron chi connectivity index (χ4n) is 4.96. The summed E-state index contributed by atoms with van der Waals surface area (Å²) in [7, 11) is 0. The summed E-state index contributed by atoms with van der Waals surface area (Å²) in [6.07, 6.45) is 6.75. The van der Waals surface area contributed by atoms with E-state index < -0.39 is 6.04 Å². The largest absolute Gasteiger partial charge is 0.345 e. The molecule has 38 heavy (non-hydrogen) atoms. The molecule has 0 saturated heterocycles. The zero-order valence-corrected chi connectivity index (χ0v) is 23.1. The van der Waals surface area contributed by atoms with E-state index in [-0.39, 0.29) is 11.7 Å². The molecule has 4 nitrogen and oxygen atoms in total. The molecule has 0 radical (unpaired) electrons. The normalized spacial score (nSPS) is 13.1. The summed E-state index contributed by atoms with van der Waals surface area (Å²) in [4.78, 5) is 13.3. The van der Waals surface area contributed by atoms with Crippen molar-refractivity contribution in [3.63, 3.8) is 0 Å². The molecule has 0 fully saturated rings. The lowest BCUT2D eigenvalue weighted by Crippen LogP contribution is -2.30. The van der Waals surface area contributed by atoms with E-state index in [2.05, 4.69) is 67.5 Å². The fraction of sp³-hybridized carbons (Fsp3) is 0.394. The van der Waals surface area contributed by atoms with Gasteiger partial charge in [-0.05, 0) is 60.9 Å². The minimum Gasteiger partial charge on any atom is -0.345 e. The van der Waals surface area contributed by atoms with Gasteiger partial charge in [-0.1, -0.05) is 89.4 Å². The highest BCUT2D eigenvalue weighted by molar-refractivity contribution is 6.01. The Bertz CT molecular complexity index is 1340. The summed E-state index contributed by atoms with van der Waals surface area (Å²) >= 11 is 0. The van der Waals surface area contributed by atoms with Crippen LogP contribution < -0.4 is 5.32 Å². The van der Waals surface area contributed by atoms with E-state index >= 15 is 0 Å². The molecule has 200 valence electrons. The predicted molar refractivity (Wildman–Crippen MR) is 155 cm³/mol. The van der Waals surface area contributed by atoms with Crippen LogP contribution in [-0.4, -0.2) is 16.1 Å². The van der Waals surface area contributed by atoms with Gasteiger partial charge in [0, 0.05) is 22.1 Å². The van der Waals surface area contributed by atoms with E-state index in [1.54, 1.807) is 24.3 Å². The number of carbonyl (C=O) groups is 1. The second-order valence-corrected chi connectivity index (χ2v) is 11.0. The van der Waals surface area contributed by atoms with Crippen LogP contribution in [0, 0.1) is 17.7 Å². The van der Waals surface area contributed by atoms with Crippen molar-refractivity contribution in [2.75, 3.05) is 0 Å². The van der Waals surface area contributed by atoms with Crippen molar-refractivity contribution in [2.24, 2.45) is 11.8 Å². The topological polar surface area (TPSA) is 57.8 Å². The maximum atomic E-state index is 14.5. The number of aromatic nitrogens is 2. The van der Waals surface area contributed by atoms with Gasteiger partial charge in [-0.25, -0.2) is 4.39 Å². The number of aromatic amines is 1. The highest BCUT2D eigenvalue weighted by Crippen LogP contribution is 2.29. The average Bonchev–Trinajstić information content (AvgIpc) is 3.34. The second kappa shape index (κ2) is 12.9. The van der Waals surface area contributed by atoms with E-state index in [1.807, 2.05) is 12.1 Å². The summed E-state index contributed by atoms with van der Waals surface area (Å²) in [5, 5.41) is 11.6. The zero-order valence-electron chi connectivity index (χ0n) is 23.1. The maximum absolute atomic E-state index is 14.5. The molecule has 2 N–H and O–H groups in total. The number of H-pyrrole nitrogens is 1. The number of fused-ring (bicyclic) bond motifs is 1. The third-order valence-corrected chi connectivity index (χ3v) is 7.45. The molecule has 2 unspecified atom stereocenters.